The van der Waals surface area contributed by atoms with Crippen molar-refractivity contribution in [3.05, 3.63) is 89.5 Å². The predicted octanol–water partition coefficient (Wildman–Crippen LogP) is 6.08. The monoisotopic (exact) mass is 287 g/mol. The van der Waals surface area contributed by atoms with Crippen molar-refractivity contribution >= 4 is 17.1 Å². The molecule has 0 aliphatic heterocycles. The lowest BCUT2D eigenvalue weighted by Gasteiger charge is -2.27. The van der Waals surface area contributed by atoms with E-state index in [1.165, 1.54) is 33.8 Å². The number of aryl methyl sites for hydroxylation is 3. The topological polar surface area (TPSA) is 3.24 Å². The van der Waals surface area contributed by atoms with Crippen molar-refractivity contribution < 1.29 is 0 Å². The third-order valence-electron chi connectivity index (χ3n) is 3.90. The molecule has 0 heterocycles. The Bertz CT molecular complexity index is 758. The first kappa shape index (κ1) is 14.4. The molecule has 3 aromatic carbocycles. The second-order valence-corrected chi connectivity index (χ2v) is 5.80. The van der Waals surface area contributed by atoms with Crippen molar-refractivity contribution in [1.29, 1.82) is 0 Å². The Morgan fingerprint density at radius 1 is 0.591 bits per heavy atom. The molecule has 1 nitrogen and oxygen atoms in total. The quantitative estimate of drug-likeness (QED) is 0.564. The molecule has 0 amide bonds. The van der Waals surface area contributed by atoms with Gasteiger partial charge in [0.2, 0.25) is 0 Å². The Morgan fingerprint density at radius 3 is 1.82 bits per heavy atom. The maximum atomic E-state index is 2.31. The van der Waals surface area contributed by atoms with Crippen LogP contribution in [0.4, 0.5) is 17.1 Å². The van der Waals surface area contributed by atoms with Gasteiger partial charge in [-0.2, -0.15) is 0 Å². The van der Waals surface area contributed by atoms with Crippen LogP contribution in [0.3, 0.4) is 0 Å². The highest BCUT2D eigenvalue weighted by Crippen LogP contribution is 2.36. The molecule has 0 saturated carbocycles. The molecule has 0 N–H and O–H groups in total. The van der Waals surface area contributed by atoms with E-state index in [1.54, 1.807) is 0 Å². The van der Waals surface area contributed by atoms with Crippen LogP contribution in [-0.4, -0.2) is 0 Å². The summed E-state index contributed by atoms with van der Waals surface area (Å²) in [5.74, 6) is 0. The number of anilines is 3. The molecule has 3 aromatic rings. The average molecular weight is 287 g/mol. The highest BCUT2D eigenvalue weighted by molar-refractivity contribution is 5.78. The van der Waals surface area contributed by atoms with Crippen LogP contribution in [0.1, 0.15) is 16.7 Å². The molecular formula is C21H21N. The lowest BCUT2D eigenvalue weighted by Crippen LogP contribution is -2.11. The maximum Gasteiger partial charge on any atom is 0.0490 e. The number of hydrogen-bond acceptors (Lipinski definition) is 1. The third kappa shape index (κ3) is 2.89. The molecule has 0 unspecified atom stereocenters. The van der Waals surface area contributed by atoms with E-state index >= 15 is 0 Å². The molecule has 0 aliphatic rings. The molecule has 1 heteroatoms. The summed E-state index contributed by atoms with van der Waals surface area (Å²) < 4.78 is 0. The van der Waals surface area contributed by atoms with E-state index < -0.39 is 0 Å². The lowest BCUT2D eigenvalue weighted by atomic mass is 10.1. The van der Waals surface area contributed by atoms with Gasteiger partial charge in [0.25, 0.3) is 0 Å². The third-order valence-corrected chi connectivity index (χ3v) is 3.90. The van der Waals surface area contributed by atoms with Crippen LogP contribution in [-0.2, 0) is 0 Å². The summed E-state index contributed by atoms with van der Waals surface area (Å²) in [6.45, 7) is 6.43. The molecule has 0 fully saturated rings. The molecule has 0 atom stereocenters. The zero-order chi connectivity index (χ0) is 15.5. The molecule has 3 rings (SSSR count). The van der Waals surface area contributed by atoms with Gasteiger partial charge in [-0.15, -0.1) is 0 Å². The van der Waals surface area contributed by atoms with Gasteiger partial charge in [-0.1, -0.05) is 53.6 Å². The summed E-state index contributed by atoms with van der Waals surface area (Å²) in [5, 5.41) is 0. The van der Waals surface area contributed by atoms with Crippen LogP contribution < -0.4 is 4.90 Å². The molecule has 0 radical (unpaired) electrons. The van der Waals surface area contributed by atoms with Crippen LogP contribution in [0.5, 0.6) is 0 Å². The van der Waals surface area contributed by atoms with Crippen molar-refractivity contribution in [2.24, 2.45) is 0 Å². The molecule has 0 aliphatic carbocycles. The van der Waals surface area contributed by atoms with E-state index in [4.69, 9.17) is 0 Å². The highest BCUT2D eigenvalue weighted by Gasteiger charge is 2.13. The normalized spacial score (nSPS) is 10.5. The molecule has 110 valence electrons. The van der Waals surface area contributed by atoms with Crippen molar-refractivity contribution in [3.8, 4) is 0 Å². The van der Waals surface area contributed by atoms with Crippen LogP contribution in [0.15, 0.2) is 72.8 Å². The zero-order valence-corrected chi connectivity index (χ0v) is 13.4. The largest absolute Gasteiger partial charge is 0.310 e. The summed E-state index contributed by atoms with van der Waals surface area (Å²) in [7, 11) is 0. The fraction of sp³-hybridized carbons (Fsp3) is 0.143. The van der Waals surface area contributed by atoms with Gasteiger partial charge in [0.1, 0.15) is 0 Å². The van der Waals surface area contributed by atoms with Gasteiger partial charge < -0.3 is 4.90 Å². The van der Waals surface area contributed by atoms with E-state index in [1.807, 2.05) is 0 Å². The number of nitrogens with zero attached hydrogens (tertiary/aromatic N) is 1. The molecule has 0 bridgehead atoms. The summed E-state index contributed by atoms with van der Waals surface area (Å²) in [4.78, 5) is 2.31. The minimum atomic E-state index is 1.18. The average Bonchev–Trinajstić information content (AvgIpc) is 2.52. The van der Waals surface area contributed by atoms with Gasteiger partial charge in [0, 0.05) is 17.1 Å². The van der Waals surface area contributed by atoms with Crippen LogP contribution >= 0.6 is 0 Å². The first-order chi connectivity index (χ1) is 10.6. The van der Waals surface area contributed by atoms with Crippen LogP contribution in [0, 0.1) is 20.8 Å². The Morgan fingerprint density at radius 2 is 1.18 bits per heavy atom. The summed E-state index contributed by atoms with van der Waals surface area (Å²) >= 11 is 0. The lowest BCUT2D eigenvalue weighted by molar-refractivity contribution is 1.23. The second kappa shape index (κ2) is 6.07. The number of benzene rings is 3. The Labute approximate surface area is 132 Å². The van der Waals surface area contributed by atoms with Crippen molar-refractivity contribution in [1.82, 2.24) is 0 Å². The minimum Gasteiger partial charge on any atom is -0.310 e. The standard InChI is InChI=1S/C21H21N/c1-16-9-12-20(13-10-16)22(19-7-5-4-6-8-19)21-14-11-17(2)15-18(21)3/h4-15H,1-3H3. The van der Waals surface area contributed by atoms with Gasteiger partial charge >= 0.3 is 0 Å². The molecule has 22 heavy (non-hydrogen) atoms. The predicted molar refractivity (Wildman–Crippen MR) is 95.3 cm³/mol. The first-order valence-electron chi connectivity index (χ1n) is 7.64. The molecule has 0 spiro atoms. The van der Waals surface area contributed by atoms with Gasteiger partial charge in [-0.05, 0) is 56.7 Å². The second-order valence-electron chi connectivity index (χ2n) is 5.80. The van der Waals surface area contributed by atoms with E-state index in [0.29, 0.717) is 0 Å². The Kier molecular flexibility index (Phi) is 3.97. The SMILES string of the molecule is Cc1ccc(N(c2ccccc2)c2ccc(C)cc2C)cc1. The summed E-state index contributed by atoms with van der Waals surface area (Å²) in [6.07, 6.45) is 0. The highest BCUT2D eigenvalue weighted by atomic mass is 15.1. The fourth-order valence-corrected chi connectivity index (χ4v) is 2.75. The Hall–Kier alpha value is -2.54. The van der Waals surface area contributed by atoms with Gasteiger partial charge in [-0.3, -0.25) is 0 Å². The van der Waals surface area contributed by atoms with Crippen molar-refractivity contribution in [3.63, 3.8) is 0 Å². The molecule has 0 aromatic heterocycles. The van der Waals surface area contributed by atoms with Crippen molar-refractivity contribution in [2.75, 3.05) is 4.90 Å². The molecular weight excluding hydrogens is 266 g/mol. The van der Waals surface area contributed by atoms with Gasteiger partial charge in [-0.25, -0.2) is 0 Å². The van der Waals surface area contributed by atoms with E-state index in [-0.39, 0.29) is 0 Å². The summed E-state index contributed by atoms with van der Waals surface area (Å²) in [6, 6.07) is 25.8. The number of rotatable bonds is 3. The zero-order valence-electron chi connectivity index (χ0n) is 13.4. The van der Waals surface area contributed by atoms with Crippen LogP contribution in [0.25, 0.3) is 0 Å². The van der Waals surface area contributed by atoms with E-state index in [2.05, 4.69) is 98.5 Å². The van der Waals surface area contributed by atoms with Gasteiger partial charge in [0.15, 0.2) is 0 Å². The number of para-hydroxylation sites is 1. The minimum absolute atomic E-state index is 1.18. The Balaban J connectivity index is 2.17. The van der Waals surface area contributed by atoms with E-state index in [9.17, 15) is 0 Å². The fourth-order valence-electron chi connectivity index (χ4n) is 2.75. The van der Waals surface area contributed by atoms with Gasteiger partial charge in [0.05, 0.1) is 0 Å². The maximum absolute atomic E-state index is 2.31. The summed E-state index contributed by atoms with van der Waals surface area (Å²) in [5.41, 5.74) is 7.43. The van der Waals surface area contributed by atoms with E-state index in [0.717, 1.165) is 0 Å². The van der Waals surface area contributed by atoms with Crippen molar-refractivity contribution in [2.45, 2.75) is 20.8 Å². The first-order valence-corrected chi connectivity index (χ1v) is 7.64. The van der Waals surface area contributed by atoms with Crippen LogP contribution in [0.2, 0.25) is 0 Å². The number of hydrogen-bond donors (Lipinski definition) is 0. The molecule has 0 saturated heterocycles. The smallest absolute Gasteiger partial charge is 0.0490 e.